The SMILES string of the molecule is COc1cc(/C=C/c2nc(O)c([N+](=O)[O-])c(=O)[nH]2)ccc1OS(=O)(=O)c1ccccc1. The van der Waals surface area contributed by atoms with Crippen molar-refractivity contribution < 1.29 is 27.4 Å². The Bertz CT molecular complexity index is 1320. The maximum atomic E-state index is 12.4. The van der Waals surface area contributed by atoms with Crippen LogP contribution in [0.15, 0.2) is 58.2 Å². The number of ether oxygens (including phenoxy) is 1. The lowest BCUT2D eigenvalue weighted by atomic mass is 10.2. The van der Waals surface area contributed by atoms with Gasteiger partial charge in [0.05, 0.1) is 12.0 Å². The van der Waals surface area contributed by atoms with Gasteiger partial charge in [-0.1, -0.05) is 30.3 Å². The molecule has 0 atom stereocenters. The zero-order valence-corrected chi connectivity index (χ0v) is 16.7. The maximum absolute atomic E-state index is 12.4. The number of nitrogens with one attached hydrogen (secondary N) is 1. The van der Waals surface area contributed by atoms with E-state index in [2.05, 4.69) is 9.97 Å². The quantitative estimate of drug-likeness (QED) is 0.316. The summed E-state index contributed by atoms with van der Waals surface area (Å²) in [4.78, 5) is 27.1. The fraction of sp³-hybridized carbons (Fsp3) is 0.0526. The molecule has 0 unspecified atom stereocenters. The predicted octanol–water partition coefficient (Wildman–Crippen LogP) is 2.33. The Labute approximate surface area is 175 Å². The monoisotopic (exact) mass is 445 g/mol. The number of hydrogen-bond donors (Lipinski definition) is 2. The molecule has 1 aromatic heterocycles. The number of rotatable bonds is 7. The summed E-state index contributed by atoms with van der Waals surface area (Å²) in [5.74, 6) is -1.06. The lowest BCUT2D eigenvalue weighted by Gasteiger charge is -2.11. The zero-order chi connectivity index (χ0) is 22.6. The van der Waals surface area contributed by atoms with Crippen molar-refractivity contribution in [3.05, 3.63) is 80.4 Å². The van der Waals surface area contributed by atoms with Crippen LogP contribution < -0.4 is 14.5 Å². The van der Waals surface area contributed by atoms with Gasteiger partial charge >= 0.3 is 21.4 Å². The van der Waals surface area contributed by atoms with Crippen molar-refractivity contribution >= 4 is 28.0 Å². The van der Waals surface area contributed by atoms with Crippen molar-refractivity contribution in [3.63, 3.8) is 0 Å². The van der Waals surface area contributed by atoms with Crippen LogP contribution in [0.1, 0.15) is 11.4 Å². The van der Waals surface area contributed by atoms with Gasteiger partial charge in [-0.2, -0.15) is 13.4 Å². The zero-order valence-electron chi connectivity index (χ0n) is 15.9. The van der Waals surface area contributed by atoms with Gasteiger partial charge < -0.3 is 19.0 Å². The van der Waals surface area contributed by atoms with Crippen LogP contribution in [0, 0.1) is 10.1 Å². The summed E-state index contributed by atoms with van der Waals surface area (Å²) >= 11 is 0. The van der Waals surface area contributed by atoms with Crippen LogP contribution >= 0.6 is 0 Å². The minimum absolute atomic E-state index is 0.0194. The Morgan fingerprint density at radius 2 is 1.84 bits per heavy atom. The molecule has 0 spiro atoms. The molecule has 3 rings (SSSR count). The molecule has 0 saturated carbocycles. The van der Waals surface area contributed by atoms with E-state index in [-0.39, 0.29) is 22.2 Å². The molecule has 160 valence electrons. The molecule has 11 nitrogen and oxygen atoms in total. The second-order valence-electron chi connectivity index (χ2n) is 5.97. The third-order valence-corrected chi connectivity index (χ3v) is 5.18. The average molecular weight is 445 g/mol. The van der Waals surface area contributed by atoms with Crippen LogP contribution in [0.4, 0.5) is 5.69 Å². The predicted molar refractivity (Wildman–Crippen MR) is 109 cm³/mol. The fourth-order valence-electron chi connectivity index (χ4n) is 2.50. The molecule has 12 heteroatoms. The number of nitrogens with zero attached hydrogens (tertiary/aromatic N) is 2. The number of H-pyrrole nitrogens is 1. The summed E-state index contributed by atoms with van der Waals surface area (Å²) < 4.78 is 35.1. The minimum atomic E-state index is -4.07. The molecule has 0 saturated heterocycles. The van der Waals surface area contributed by atoms with Crippen molar-refractivity contribution in [2.45, 2.75) is 4.90 Å². The molecular formula is C19H15N3O8S. The van der Waals surface area contributed by atoms with E-state index in [0.29, 0.717) is 5.56 Å². The Hall–Kier alpha value is -4.19. The summed E-state index contributed by atoms with van der Waals surface area (Å²) in [5, 5.41) is 20.3. The number of nitro groups is 1. The van der Waals surface area contributed by atoms with Crippen LogP contribution in [-0.4, -0.2) is 35.5 Å². The van der Waals surface area contributed by atoms with Crippen LogP contribution in [0.25, 0.3) is 12.2 Å². The highest BCUT2D eigenvalue weighted by molar-refractivity contribution is 7.87. The van der Waals surface area contributed by atoms with Crippen molar-refractivity contribution in [1.82, 2.24) is 9.97 Å². The lowest BCUT2D eigenvalue weighted by Crippen LogP contribution is -2.14. The van der Waals surface area contributed by atoms with Gasteiger partial charge in [0.1, 0.15) is 10.7 Å². The van der Waals surface area contributed by atoms with Crippen molar-refractivity contribution in [2.24, 2.45) is 0 Å². The molecule has 0 bridgehead atoms. The summed E-state index contributed by atoms with van der Waals surface area (Å²) in [7, 11) is -2.73. The van der Waals surface area contributed by atoms with Crippen molar-refractivity contribution in [3.8, 4) is 17.4 Å². The minimum Gasteiger partial charge on any atom is -0.493 e. The van der Waals surface area contributed by atoms with Gasteiger partial charge in [-0.05, 0) is 35.9 Å². The number of benzene rings is 2. The average Bonchev–Trinajstić information content (AvgIpc) is 2.72. The van der Waals surface area contributed by atoms with Gasteiger partial charge in [-0.25, -0.2) is 0 Å². The van der Waals surface area contributed by atoms with E-state index in [1.54, 1.807) is 18.2 Å². The fourth-order valence-corrected chi connectivity index (χ4v) is 3.46. The summed E-state index contributed by atoms with van der Waals surface area (Å²) in [6.45, 7) is 0. The molecule has 1 heterocycles. The van der Waals surface area contributed by atoms with Crippen LogP contribution in [0.2, 0.25) is 0 Å². The molecular weight excluding hydrogens is 430 g/mol. The Balaban J connectivity index is 1.87. The summed E-state index contributed by atoms with van der Waals surface area (Å²) in [6.07, 6.45) is 2.75. The van der Waals surface area contributed by atoms with E-state index in [4.69, 9.17) is 8.92 Å². The molecule has 0 fully saturated rings. The second-order valence-corrected chi connectivity index (χ2v) is 7.52. The molecule has 3 aromatic rings. The standard InChI is InChI=1S/C19H15N3O8S/c1-29-15-11-12(8-10-16-20-18(23)17(22(25)26)19(24)21-16)7-9-14(15)30-31(27,28)13-5-3-2-4-6-13/h2-11H,1H3,(H2,20,21,23,24)/b10-8+. The van der Waals surface area contributed by atoms with E-state index in [1.807, 2.05) is 0 Å². The lowest BCUT2D eigenvalue weighted by molar-refractivity contribution is -0.387. The highest BCUT2D eigenvalue weighted by Gasteiger charge is 2.21. The van der Waals surface area contributed by atoms with Gasteiger partial charge in [-0.3, -0.25) is 14.9 Å². The van der Waals surface area contributed by atoms with Gasteiger partial charge in [0.2, 0.25) is 0 Å². The molecule has 0 aliphatic rings. The second kappa shape index (κ2) is 8.67. The first-order valence-corrected chi connectivity index (χ1v) is 9.95. The Morgan fingerprint density at radius 3 is 2.45 bits per heavy atom. The highest BCUT2D eigenvalue weighted by atomic mass is 32.2. The molecule has 0 aliphatic heterocycles. The number of aromatic amines is 1. The first-order valence-electron chi connectivity index (χ1n) is 8.54. The Morgan fingerprint density at radius 1 is 1.13 bits per heavy atom. The van der Waals surface area contributed by atoms with E-state index >= 15 is 0 Å². The number of hydrogen-bond acceptors (Lipinski definition) is 9. The Kier molecular flexibility index (Phi) is 6.02. The number of methoxy groups -OCH3 is 1. The molecule has 0 radical (unpaired) electrons. The number of aromatic hydroxyl groups is 1. The molecule has 31 heavy (non-hydrogen) atoms. The first-order chi connectivity index (χ1) is 14.7. The summed E-state index contributed by atoms with van der Waals surface area (Å²) in [6, 6.07) is 12.0. The molecule has 2 aromatic carbocycles. The van der Waals surface area contributed by atoms with Crippen LogP contribution in [0.5, 0.6) is 17.4 Å². The molecule has 2 N–H and O–H groups in total. The van der Waals surface area contributed by atoms with Gasteiger partial charge in [0.25, 0.3) is 5.88 Å². The van der Waals surface area contributed by atoms with Gasteiger partial charge in [0, 0.05) is 0 Å². The van der Waals surface area contributed by atoms with E-state index < -0.39 is 32.2 Å². The third-order valence-electron chi connectivity index (χ3n) is 3.93. The normalized spacial score (nSPS) is 11.4. The van der Waals surface area contributed by atoms with Crippen molar-refractivity contribution in [2.75, 3.05) is 7.11 Å². The molecule has 0 aliphatic carbocycles. The van der Waals surface area contributed by atoms with Crippen LogP contribution in [0.3, 0.4) is 0 Å². The number of aromatic nitrogens is 2. The van der Waals surface area contributed by atoms with Crippen molar-refractivity contribution in [1.29, 1.82) is 0 Å². The topological polar surface area (TPSA) is 162 Å². The maximum Gasteiger partial charge on any atom is 0.395 e. The first kappa shape index (κ1) is 21.5. The van der Waals surface area contributed by atoms with E-state index in [1.165, 1.54) is 49.6 Å². The largest absolute Gasteiger partial charge is 0.493 e. The third kappa shape index (κ3) is 4.87. The molecule has 0 amide bonds. The summed E-state index contributed by atoms with van der Waals surface area (Å²) in [5.41, 5.74) is -1.66. The van der Waals surface area contributed by atoms with E-state index in [9.17, 15) is 28.4 Å². The smallest absolute Gasteiger partial charge is 0.395 e. The highest BCUT2D eigenvalue weighted by Crippen LogP contribution is 2.31. The van der Waals surface area contributed by atoms with E-state index in [0.717, 1.165) is 0 Å². The van der Waals surface area contributed by atoms with Gasteiger partial charge in [0.15, 0.2) is 11.5 Å². The van der Waals surface area contributed by atoms with Crippen LogP contribution in [-0.2, 0) is 10.1 Å². The van der Waals surface area contributed by atoms with Gasteiger partial charge in [-0.15, -0.1) is 0 Å².